The van der Waals surface area contributed by atoms with Crippen LogP contribution in [0, 0.1) is 12.8 Å². The Hall–Kier alpha value is -3.97. The van der Waals surface area contributed by atoms with Crippen LogP contribution in [0.3, 0.4) is 0 Å². The number of allylic oxidation sites excluding steroid dienone is 6. The molecule has 1 amide bonds. The Balaban J connectivity index is 0.00000111. The van der Waals surface area contributed by atoms with E-state index in [9.17, 15) is 4.79 Å². The summed E-state index contributed by atoms with van der Waals surface area (Å²) in [5.74, 6) is -0.188. The highest BCUT2D eigenvalue weighted by Gasteiger charge is 2.21. The van der Waals surface area contributed by atoms with Crippen molar-refractivity contribution in [3.8, 4) is 12.8 Å². The molecule has 1 aromatic heterocycles. The second-order valence-corrected chi connectivity index (χ2v) is 10.1. The van der Waals surface area contributed by atoms with E-state index >= 15 is 0 Å². The number of carbonyl (C=O) groups excluding carboxylic acids is 1. The first kappa shape index (κ1) is 31.6. The summed E-state index contributed by atoms with van der Waals surface area (Å²) in [7, 11) is 0. The van der Waals surface area contributed by atoms with Gasteiger partial charge >= 0.3 is 0 Å². The van der Waals surface area contributed by atoms with Gasteiger partial charge in [-0.1, -0.05) is 79.3 Å². The predicted molar refractivity (Wildman–Crippen MR) is 173 cm³/mol. The molecule has 214 valence electrons. The van der Waals surface area contributed by atoms with Gasteiger partial charge in [-0.25, -0.2) is 0 Å². The summed E-state index contributed by atoms with van der Waals surface area (Å²) < 4.78 is 5.36. The summed E-state index contributed by atoms with van der Waals surface area (Å²) in [6.45, 7) is 11.8. The van der Waals surface area contributed by atoms with Crippen molar-refractivity contribution >= 4 is 39.0 Å². The van der Waals surface area contributed by atoms with Crippen LogP contribution in [-0.4, -0.2) is 65.3 Å². The fourth-order valence-corrected chi connectivity index (χ4v) is 5.11. The highest BCUT2D eigenvalue weighted by Crippen LogP contribution is 2.28. The molecule has 0 spiro atoms. The Labute approximate surface area is 247 Å². The molecule has 3 aliphatic rings. The highest BCUT2D eigenvalue weighted by atomic mass is 32.2. The summed E-state index contributed by atoms with van der Waals surface area (Å²) >= 11 is 1.54. The van der Waals surface area contributed by atoms with E-state index in [0.29, 0.717) is 17.9 Å². The lowest BCUT2D eigenvalue weighted by atomic mass is 10.1. The third kappa shape index (κ3) is 9.29. The van der Waals surface area contributed by atoms with E-state index < -0.39 is 0 Å². The number of terminal acetylenes is 1. The second-order valence-electron chi connectivity index (χ2n) is 9.03. The van der Waals surface area contributed by atoms with Crippen LogP contribution in [-0.2, 0) is 0 Å². The van der Waals surface area contributed by atoms with Crippen LogP contribution in [0.1, 0.15) is 49.0 Å². The maximum absolute atomic E-state index is 13.0. The van der Waals surface area contributed by atoms with Crippen LogP contribution in [0.25, 0.3) is 5.57 Å². The number of hydrogen-bond acceptors (Lipinski definition) is 8. The molecule has 1 aliphatic carbocycles. The average Bonchev–Trinajstić information content (AvgIpc) is 3.63. The van der Waals surface area contributed by atoms with E-state index in [1.165, 1.54) is 17.3 Å². The summed E-state index contributed by atoms with van der Waals surface area (Å²) in [4.78, 5) is 24.8. The zero-order valence-corrected chi connectivity index (χ0v) is 24.8. The Morgan fingerprint density at radius 3 is 2.78 bits per heavy atom. The number of aliphatic imine (C=N–C) groups is 2. The summed E-state index contributed by atoms with van der Waals surface area (Å²) in [5, 5.41) is 12.2. The number of amides is 1. The van der Waals surface area contributed by atoms with Gasteiger partial charge in [0.15, 0.2) is 0 Å². The molecule has 0 radical (unpaired) electrons. The average molecular weight is 571 g/mol. The number of thioether (sulfide) groups is 1. The molecule has 2 aliphatic heterocycles. The highest BCUT2D eigenvalue weighted by molar-refractivity contribution is 8.27. The first-order valence-corrected chi connectivity index (χ1v) is 14.6. The second kappa shape index (κ2) is 17.0. The number of rotatable bonds is 7. The molecule has 1 fully saturated rings. The minimum atomic E-state index is -0.351. The molecular weight excluding hydrogens is 532 g/mol. The van der Waals surface area contributed by atoms with Gasteiger partial charge in [0, 0.05) is 50.6 Å². The van der Waals surface area contributed by atoms with Crippen LogP contribution in [0.2, 0.25) is 0 Å². The maximum atomic E-state index is 13.0. The van der Waals surface area contributed by atoms with E-state index in [1.807, 2.05) is 74.7 Å². The molecule has 2 N–H and O–H groups in total. The molecule has 5 rings (SSSR count). The Bertz CT molecular complexity index is 1370. The van der Waals surface area contributed by atoms with Crippen LogP contribution in [0.5, 0.6) is 0 Å². The molecule has 1 saturated heterocycles. The SMILES string of the molecule is C#C.C/C(=C\N=C1CN=C(c2ccccc2NC(=O)c2cc(C3=CC=CC=CC3)no2)S1)CN1CCNCC1.CC. The first-order chi connectivity index (χ1) is 20.2. The monoisotopic (exact) mass is 570 g/mol. The topological polar surface area (TPSA) is 95.1 Å². The summed E-state index contributed by atoms with van der Waals surface area (Å²) in [6, 6.07) is 9.32. The number of para-hydroxylation sites is 1. The molecule has 2 aromatic rings. The van der Waals surface area contributed by atoms with E-state index in [1.54, 1.807) is 6.07 Å². The van der Waals surface area contributed by atoms with Crippen molar-refractivity contribution in [2.45, 2.75) is 27.2 Å². The number of anilines is 1. The molecule has 9 heteroatoms. The Kier molecular flexibility index (Phi) is 13.1. The number of nitrogens with one attached hydrogen (secondary N) is 2. The zero-order chi connectivity index (χ0) is 29.5. The third-order valence-electron chi connectivity index (χ3n) is 6.15. The van der Waals surface area contributed by atoms with Gasteiger partial charge in [0.1, 0.15) is 15.8 Å². The van der Waals surface area contributed by atoms with Crippen molar-refractivity contribution in [2.75, 3.05) is 44.6 Å². The van der Waals surface area contributed by atoms with Gasteiger partial charge in [0.25, 0.3) is 5.91 Å². The molecule has 0 saturated carbocycles. The molecule has 3 heterocycles. The Morgan fingerprint density at radius 1 is 1.20 bits per heavy atom. The van der Waals surface area contributed by atoms with Crippen LogP contribution in [0.15, 0.2) is 87.0 Å². The molecule has 0 atom stereocenters. The largest absolute Gasteiger partial charge is 0.350 e. The number of hydrogen-bond donors (Lipinski definition) is 2. The fraction of sp³-hybridized carbons (Fsp3) is 0.312. The lowest BCUT2D eigenvalue weighted by Gasteiger charge is -2.27. The van der Waals surface area contributed by atoms with Gasteiger partial charge in [0.05, 0.1) is 12.2 Å². The van der Waals surface area contributed by atoms with E-state index in [4.69, 9.17) is 9.52 Å². The van der Waals surface area contributed by atoms with Gasteiger partial charge < -0.3 is 15.2 Å². The van der Waals surface area contributed by atoms with Crippen molar-refractivity contribution in [3.05, 3.63) is 89.5 Å². The van der Waals surface area contributed by atoms with E-state index in [2.05, 4.69) is 45.5 Å². The number of carbonyl (C=O) groups is 1. The van der Waals surface area contributed by atoms with Gasteiger partial charge in [-0.3, -0.25) is 19.7 Å². The van der Waals surface area contributed by atoms with Gasteiger partial charge in [-0.2, -0.15) is 0 Å². The van der Waals surface area contributed by atoms with Crippen molar-refractivity contribution in [2.24, 2.45) is 9.98 Å². The minimum Gasteiger partial charge on any atom is -0.350 e. The van der Waals surface area contributed by atoms with Crippen molar-refractivity contribution in [1.29, 1.82) is 0 Å². The fourth-order valence-electron chi connectivity index (χ4n) is 4.23. The Morgan fingerprint density at radius 2 is 1.98 bits per heavy atom. The first-order valence-electron chi connectivity index (χ1n) is 13.8. The van der Waals surface area contributed by atoms with Crippen LogP contribution >= 0.6 is 11.8 Å². The standard InChI is InChI=1S/C28H30N6O2S.C2H6.C2H2/c1-20(19-34-14-12-29-13-15-34)17-30-26-18-31-28(37-26)22-10-6-7-11-23(22)32-27(35)25-16-24(33-36-25)21-8-4-2-3-5-9-21;2*1-2/h2-8,10-11,16-17,29H,9,12-15,18-19H2,1H3,(H,32,35);1-2H3;1-2H/b20-17+,30-26?;;. The number of piperazine rings is 1. The number of nitrogens with zero attached hydrogens (tertiary/aromatic N) is 4. The van der Waals surface area contributed by atoms with E-state index in [0.717, 1.165) is 60.4 Å². The normalized spacial score (nSPS) is 17.9. The molecule has 0 unspecified atom stereocenters. The number of benzene rings is 1. The summed E-state index contributed by atoms with van der Waals surface area (Å²) in [5.41, 5.74) is 4.41. The van der Waals surface area contributed by atoms with Crippen molar-refractivity contribution < 1.29 is 9.32 Å². The smallest absolute Gasteiger partial charge is 0.294 e. The molecule has 41 heavy (non-hydrogen) atoms. The van der Waals surface area contributed by atoms with Crippen LogP contribution < -0.4 is 10.6 Å². The van der Waals surface area contributed by atoms with Gasteiger partial charge in [0.2, 0.25) is 5.76 Å². The molecule has 1 aromatic carbocycles. The van der Waals surface area contributed by atoms with Gasteiger partial charge in [-0.05, 0) is 30.6 Å². The lowest BCUT2D eigenvalue weighted by Crippen LogP contribution is -2.43. The maximum Gasteiger partial charge on any atom is 0.294 e. The van der Waals surface area contributed by atoms with Crippen molar-refractivity contribution in [3.63, 3.8) is 0 Å². The minimum absolute atomic E-state index is 0.163. The third-order valence-corrected chi connectivity index (χ3v) is 7.16. The van der Waals surface area contributed by atoms with E-state index in [-0.39, 0.29) is 11.7 Å². The number of aromatic nitrogens is 1. The predicted octanol–water partition coefficient (Wildman–Crippen LogP) is 5.80. The lowest BCUT2D eigenvalue weighted by molar-refractivity contribution is 0.0988. The molecule has 0 bridgehead atoms. The van der Waals surface area contributed by atoms with Crippen LogP contribution in [0.4, 0.5) is 5.69 Å². The molecule has 8 nitrogen and oxygen atoms in total. The summed E-state index contributed by atoms with van der Waals surface area (Å²) in [6.07, 6.45) is 20.6. The van der Waals surface area contributed by atoms with Crippen molar-refractivity contribution in [1.82, 2.24) is 15.4 Å². The quantitative estimate of drug-likeness (QED) is 0.409. The zero-order valence-electron chi connectivity index (χ0n) is 24.0. The molecular formula is C32H38N6O2S. The van der Waals surface area contributed by atoms with Gasteiger partial charge in [-0.15, -0.1) is 12.8 Å².